The van der Waals surface area contributed by atoms with E-state index in [1.807, 2.05) is 0 Å². The molecule has 0 bridgehead atoms. The van der Waals surface area contributed by atoms with Crippen LogP contribution in [0, 0.1) is 11.6 Å². The number of aromatic hydroxyl groups is 1. The number of aromatic nitrogens is 2. The van der Waals surface area contributed by atoms with Gasteiger partial charge in [-0.3, -0.25) is 9.48 Å². The van der Waals surface area contributed by atoms with Gasteiger partial charge in [-0.1, -0.05) is 6.07 Å². The van der Waals surface area contributed by atoms with Crippen molar-refractivity contribution in [1.82, 2.24) is 9.78 Å². The standard InChI is InChI=1S/C15H10F2N2O2/c1-19-13-5-2-8(6-10(13)12(7-20)18-19)9-3-4-11(16)14(17)15(9)21/h2-7,21H,1H3. The number of hydrogen-bond donors (Lipinski definition) is 1. The second-order valence-electron chi connectivity index (χ2n) is 4.62. The summed E-state index contributed by atoms with van der Waals surface area (Å²) in [5.41, 5.74) is 1.59. The van der Waals surface area contributed by atoms with Crippen molar-refractivity contribution in [2.75, 3.05) is 0 Å². The van der Waals surface area contributed by atoms with Crippen LogP contribution in [0.4, 0.5) is 8.78 Å². The number of carbonyl (C=O) groups excluding carboxylic acids is 1. The molecule has 0 saturated carbocycles. The van der Waals surface area contributed by atoms with Crippen LogP contribution in [0.1, 0.15) is 10.5 Å². The lowest BCUT2D eigenvalue weighted by Gasteiger charge is -2.07. The molecule has 1 aromatic heterocycles. The first kappa shape index (κ1) is 13.2. The highest BCUT2D eigenvalue weighted by Gasteiger charge is 2.15. The number of aryl methyl sites for hydroxylation is 1. The number of phenolic OH excluding ortho intramolecular Hbond substituents is 1. The maximum Gasteiger partial charge on any atom is 0.200 e. The summed E-state index contributed by atoms with van der Waals surface area (Å²) in [6.45, 7) is 0. The Morgan fingerprint density at radius 1 is 1.24 bits per heavy atom. The van der Waals surface area contributed by atoms with Crippen molar-refractivity contribution >= 4 is 17.2 Å². The molecule has 1 heterocycles. The fraction of sp³-hybridized carbons (Fsp3) is 0.0667. The first-order valence-corrected chi connectivity index (χ1v) is 6.12. The van der Waals surface area contributed by atoms with Crippen LogP contribution in [0.5, 0.6) is 5.75 Å². The van der Waals surface area contributed by atoms with E-state index in [4.69, 9.17) is 0 Å². The number of phenols is 1. The van der Waals surface area contributed by atoms with Crippen LogP contribution in [0.3, 0.4) is 0 Å². The van der Waals surface area contributed by atoms with Crippen molar-refractivity contribution in [2.24, 2.45) is 7.05 Å². The molecule has 0 aliphatic rings. The van der Waals surface area contributed by atoms with Gasteiger partial charge in [-0.05, 0) is 29.8 Å². The maximum atomic E-state index is 13.4. The second kappa shape index (κ2) is 4.66. The molecule has 3 rings (SSSR count). The molecule has 0 saturated heterocycles. The minimum absolute atomic E-state index is 0.150. The van der Waals surface area contributed by atoms with E-state index in [1.54, 1.807) is 29.9 Å². The number of benzene rings is 2. The molecule has 0 radical (unpaired) electrons. The zero-order valence-electron chi connectivity index (χ0n) is 11.0. The van der Waals surface area contributed by atoms with Crippen LogP contribution < -0.4 is 0 Å². The van der Waals surface area contributed by atoms with Crippen LogP contribution in [-0.2, 0) is 7.05 Å². The summed E-state index contributed by atoms with van der Waals surface area (Å²) in [4.78, 5) is 11.0. The SMILES string of the molecule is Cn1nc(C=O)c2cc(-c3ccc(F)c(F)c3O)ccc21. The first-order chi connectivity index (χ1) is 10.0. The Bertz CT molecular complexity index is 872. The molecule has 21 heavy (non-hydrogen) atoms. The largest absolute Gasteiger partial charge is 0.504 e. The number of rotatable bonds is 2. The number of nitrogens with zero attached hydrogens (tertiary/aromatic N) is 2. The number of halogens is 2. The second-order valence-corrected chi connectivity index (χ2v) is 4.62. The molecular weight excluding hydrogens is 278 g/mol. The summed E-state index contributed by atoms with van der Waals surface area (Å²) in [7, 11) is 1.70. The van der Waals surface area contributed by atoms with Gasteiger partial charge in [0.15, 0.2) is 17.9 Å². The van der Waals surface area contributed by atoms with E-state index >= 15 is 0 Å². The van der Waals surface area contributed by atoms with Crippen molar-refractivity contribution in [3.63, 3.8) is 0 Å². The van der Waals surface area contributed by atoms with E-state index in [1.165, 1.54) is 6.07 Å². The molecular formula is C15H10F2N2O2. The average Bonchev–Trinajstić information content (AvgIpc) is 2.81. The Labute approximate surface area is 118 Å². The molecule has 4 nitrogen and oxygen atoms in total. The summed E-state index contributed by atoms with van der Waals surface area (Å²) in [5, 5.41) is 14.4. The number of fused-ring (bicyclic) bond motifs is 1. The van der Waals surface area contributed by atoms with Crippen molar-refractivity contribution in [3.05, 3.63) is 47.7 Å². The minimum Gasteiger partial charge on any atom is -0.504 e. The van der Waals surface area contributed by atoms with Gasteiger partial charge in [0.1, 0.15) is 5.69 Å². The number of aldehydes is 1. The van der Waals surface area contributed by atoms with E-state index in [-0.39, 0.29) is 11.3 Å². The van der Waals surface area contributed by atoms with E-state index in [0.29, 0.717) is 17.2 Å². The van der Waals surface area contributed by atoms with Gasteiger partial charge in [-0.15, -0.1) is 0 Å². The summed E-state index contributed by atoms with van der Waals surface area (Å²) < 4.78 is 28.0. The van der Waals surface area contributed by atoms with Crippen LogP contribution in [0.25, 0.3) is 22.0 Å². The molecule has 0 atom stereocenters. The third-order valence-electron chi connectivity index (χ3n) is 3.37. The molecule has 106 valence electrons. The summed E-state index contributed by atoms with van der Waals surface area (Å²) in [6, 6.07) is 7.18. The van der Waals surface area contributed by atoms with Crippen LogP contribution in [-0.4, -0.2) is 21.2 Å². The quantitative estimate of drug-likeness (QED) is 0.737. The summed E-state index contributed by atoms with van der Waals surface area (Å²) in [5.74, 6) is -3.17. The van der Waals surface area contributed by atoms with Gasteiger partial charge >= 0.3 is 0 Å². The molecule has 0 aliphatic heterocycles. The highest BCUT2D eigenvalue weighted by molar-refractivity contribution is 5.97. The minimum atomic E-state index is -1.30. The molecule has 0 unspecified atom stereocenters. The molecule has 0 spiro atoms. The smallest absolute Gasteiger partial charge is 0.200 e. The lowest BCUT2D eigenvalue weighted by Crippen LogP contribution is -1.90. The molecule has 3 aromatic rings. The van der Waals surface area contributed by atoms with Crippen molar-refractivity contribution < 1.29 is 18.7 Å². The van der Waals surface area contributed by atoms with E-state index in [9.17, 15) is 18.7 Å². The third-order valence-corrected chi connectivity index (χ3v) is 3.37. The fourth-order valence-electron chi connectivity index (χ4n) is 2.32. The average molecular weight is 288 g/mol. The monoisotopic (exact) mass is 288 g/mol. The molecule has 2 aromatic carbocycles. The first-order valence-electron chi connectivity index (χ1n) is 6.12. The van der Waals surface area contributed by atoms with Gasteiger partial charge in [0.2, 0.25) is 5.82 Å². The van der Waals surface area contributed by atoms with Crippen molar-refractivity contribution in [2.45, 2.75) is 0 Å². The van der Waals surface area contributed by atoms with Crippen LogP contribution in [0.15, 0.2) is 30.3 Å². The zero-order chi connectivity index (χ0) is 15.1. The van der Waals surface area contributed by atoms with E-state index in [2.05, 4.69) is 5.10 Å². The van der Waals surface area contributed by atoms with Crippen LogP contribution in [0.2, 0.25) is 0 Å². The number of hydrogen-bond acceptors (Lipinski definition) is 3. The Morgan fingerprint density at radius 3 is 2.71 bits per heavy atom. The molecule has 0 amide bonds. The Morgan fingerprint density at radius 2 is 2.00 bits per heavy atom. The van der Waals surface area contributed by atoms with E-state index < -0.39 is 17.4 Å². The Kier molecular flexibility index (Phi) is 2.94. The molecule has 0 aliphatic carbocycles. The molecule has 6 heteroatoms. The van der Waals surface area contributed by atoms with Gasteiger partial charge in [0.25, 0.3) is 0 Å². The van der Waals surface area contributed by atoms with Gasteiger partial charge in [-0.2, -0.15) is 9.49 Å². The molecule has 0 fully saturated rings. The van der Waals surface area contributed by atoms with Gasteiger partial charge in [-0.25, -0.2) is 4.39 Å². The highest BCUT2D eigenvalue weighted by atomic mass is 19.2. The van der Waals surface area contributed by atoms with Crippen LogP contribution >= 0.6 is 0 Å². The van der Waals surface area contributed by atoms with Crippen molar-refractivity contribution in [1.29, 1.82) is 0 Å². The maximum absolute atomic E-state index is 13.4. The normalized spacial score (nSPS) is 11.0. The summed E-state index contributed by atoms with van der Waals surface area (Å²) in [6.07, 6.45) is 0.622. The topological polar surface area (TPSA) is 55.1 Å². The Hall–Kier alpha value is -2.76. The fourth-order valence-corrected chi connectivity index (χ4v) is 2.32. The lowest BCUT2D eigenvalue weighted by atomic mass is 10.0. The Balaban J connectivity index is 2.26. The van der Waals surface area contributed by atoms with E-state index in [0.717, 1.165) is 11.6 Å². The predicted octanol–water partition coefficient (Wildman–Crippen LogP) is 3.04. The van der Waals surface area contributed by atoms with Gasteiger partial charge < -0.3 is 5.11 Å². The number of carbonyl (C=O) groups is 1. The highest BCUT2D eigenvalue weighted by Crippen LogP contribution is 2.34. The summed E-state index contributed by atoms with van der Waals surface area (Å²) >= 11 is 0. The lowest BCUT2D eigenvalue weighted by molar-refractivity contribution is 0.111. The van der Waals surface area contributed by atoms with Gasteiger partial charge in [0.05, 0.1) is 5.52 Å². The zero-order valence-corrected chi connectivity index (χ0v) is 11.0. The predicted molar refractivity (Wildman–Crippen MR) is 73.1 cm³/mol. The van der Waals surface area contributed by atoms with Crippen molar-refractivity contribution in [3.8, 4) is 16.9 Å². The van der Waals surface area contributed by atoms with Gasteiger partial charge in [0, 0.05) is 18.0 Å². The third kappa shape index (κ3) is 1.96. The molecule has 1 N–H and O–H groups in total.